The van der Waals surface area contributed by atoms with Crippen LogP contribution in [0.15, 0.2) is 28.8 Å². The van der Waals surface area contributed by atoms with E-state index in [0.717, 1.165) is 0 Å². The lowest BCUT2D eigenvalue weighted by atomic mass is 10.4. The second kappa shape index (κ2) is 4.08. The van der Waals surface area contributed by atoms with Crippen LogP contribution in [0.2, 0.25) is 0 Å². The number of furan rings is 1. The Bertz CT molecular complexity index is 571. The Balaban J connectivity index is 2.22. The van der Waals surface area contributed by atoms with E-state index in [2.05, 4.69) is 5.10 Å². The number of aromatic carboxylic acids is 1. The van der Waals surface area contributed by atoms with Gasteiger partial charge in [-0.2, -0.15) is 5.10 Å². The highest BCUT2D eigenvalue weighted by atomic mass is 16.6. The summed E-state index contributed by atoms with van der Waals surface area (Å²) in [6.07, 6.45) is 1.33. The fourth-order valence-corrected chi connectivity index (χ4v) is 1.34. The summed E-state index contributed by atoms with van der Waals surface area (Å²) in [5.41, 5.74) is -0.0101. The molecular weight excluding hydrogens is 230 g/mol. The number of carbonyl (C=O) groups is 1. The Morgan fingerprint density at radius 1 is 1.53 bits per heavy atom. The molecule has 8 heteroatoms. The van der Waals surface area contributed by atoms with Gasteiger partial charge in [-0.1, -0.05) is 0 Å². The fourth-order valence-electron chi connectivity index (χ4n) is 1.34. The lowest BCUT2D eigenvalue weighted by Crippen LogP contribution is -2.10. The molecule has 1 N–H and O–H groups in total. The molecule has 2 aromatic rings. The molecule has 0 radical (unpaired) electrons. The zero-order chi connectivity index (χ0) is 12.4. The van der Waals surface area contributed by atoms with Crippen molar-refractivity contribution in [1.29, 1.82) is 0 Å². The Kier molecular flexibility index (Phi) is 2.61. The van der Waals surface area contributed by atoms with E-state index in [-0.39, 0.29) is 23.9 Å². The standard InChI is InChI=1S/C9H7N3O5/c13-9(14)7-3-4-10-11(7)5-6-1-2-8(17-6)12(15)16/h1-4H,5H2,(H,13,14). The zero-order valence-corrected chi connectivity index (χ0v) is 8.44. The van der Waals surface area contributed by atoms with E-state index in [1.807, 2.05) is 0 Å². The summed E-state index contributed by atoms with van der Waals surface area (Å²) < 4.78 is 6.09. The molecule has 8 nitrogen and oxygen atoms in total. The first-order valence-corrected chi connectivity index (χ1v) is 4.56. The normalized spacial score (nSPS) is 10.4. The molecule has 0 aliphatic carbocycles. The van der Waals surface area contributed by atoms with Crippen molar-refractivity contribution >= 4 is 11.9 Å². The highest BCUT2D eigenvalue weighted by Crippen LogP contribution is 2.16. The summed E-state index contributed by atoms with van der Waals surface area (Å²) in [7, 11) is 0. The highest BCUT2D eigenvalue weighted by molar-refractivity contribution is 5.85. The lowest BCUT2D eigenvalue weighted by Gasteiger charge is -2.00. The molecular formula is C9H7N3O5. The summed E-state index contributed by atoms with van der Waals surface area (Å²) in [5, 5.41) is 23.0. The first kappa shape index (κ1) is 10.9. The van der Waals surface area contributed by atoms with E-state index < -0.39 is 10.9 Å². The number of aromatic nitrogens is 2. The third-order valence-corrected chi connectivity index (χ3v) is 2.07. The number of carboxylic acid groups (broad SMARTS) is 1. The van der Waals surface area contributed by atoms with Crippen LogP contribution in [-0.2, 0) is 6.54 Å². The molecule has 17 heavy (non-hydrogen) atoms. The van der Waals surface area contributed by atoms with E-state index in [1.54, 1.807) is 0 Å². The van der Waals surface area contributed by atoms with E-state index in [1.165, 1.54) is 29.1 Å². The summed E-state index contributed by atoms with van der Waals surface area (Å²) in [6, 6.07) is 3.95. The molecule has 0 fully saturated rings. The van der Waals surface area contributed by atoms with Crippen LogP contribution in [0.5, 0.6) is 0 Å². The van der Waals surface area contributed by atoms with Crippen molar-refractivity contribution in [2.24, 2.45) is 0 Å². The van der Waals surface area contributed by atoms with Crippen LogP contribution >= 0.6 is 0 Å². The number of rotatable bonds is 4. The average Bonchev–Trinajstić information content (AvgIpc) is 2.86. The van der Waals surface area contributed by atoms with Gasteiger partial charge in [0.05, 0.1) is 6.07 Å². The first-order chi connectivity index (χ1) is 8.08. The molecule has 0 spiro atoms. The third-order valence-electron chi connectivity index (χ3n) is 2.07. The molecule has 88 valence electrons. The number of hydrogen-bond donors (Lipinski definition) is 1. The van der Waals surface area contributed by atoms with Gasteiger partial charge >= 0.3 is 11.9 Å². The Labute approximate surface area is 94.2 Å². The van der Waals surface area contributed by atoms with Crippen LogP contribution in [0.4, 0.5) is 5.88 Å². The van der Waals surface area contributed by atoms with Gasteiger partial charge in [0.1, 0.15) is 22.9 Å². The maximum Gasteiger partial charge on any atom is 0.433 e. The van der Waals surface area contributed by atoms with Gasteiger partial charge in [-0.3, -0.25) is 14.8 Å². The minimum absolute atomic E-state index is 0.0101. The third kappa shape index (κ3) is 2.14. The number of hydrogen-bond acceptors (Lipinski definition) is 5. The molecule has 0 aromatic carbocycles. The van der Waals surface area contributed by atoms with Crippen molar-refractivity contribution in [3.8, 4) is 0 Å². The van der Waals surface area contributed by atoms with Gasteiger partial charge in [-0.25, -0.2) is 4.79 Å². The summed E-state index contributed by atoms with van der Waals surface area (Å²) in [5.74, 6) is -1.24. The van der Waals surface area contributed by atoms with Crippen molar-refractivity contribution in [3.63, 3.8) is 0 Å². The van der Waals surface area contributed by atoms with Gasteiger partial charge in [0.15, 0.2) is 0 Å². The molecule has 0 bridgehead atoms. The molecule has 0 saturated carbocycles. The predicted octanol–water partition coefficient (Wildman–Crippen LogP) is 1.13. The van der Waals surface area contributed by atoms with Gasteiger partial charge < -0.3 is 9.52 Å². The van der Waals surface area contributed by atoms with Gasteiger partial charge in [0.2, 0.25) is 0 Å². The molecule has 0 saturated heterocycles. The van der Waals surface area contributed by atoms with E-state index in [9.17, 15) is 14.9 Å². The largest absolute Gasteiger partial charge is 0.477 e. The van der Waals surface area contributed by atoms with Crippen LogP contribution in [0, 0.1) is 10.1 Å². The Hall–Kier alpha value is -2.64. The number of nitrogens with zero attached hydrogens (tertiary/aromatic N) is 3. The van der Waals surface area contributed by atoms with Crippen molar-refractivity contribution in [2.75, 3.05) is 0 Å². The number of carboxylic acids is 1. The van der Waals surface area contributed by atoms with E-state index in [4.69, 9.17) is 9.52 Å². The van der Waals surface area contributed by atoms with Crippen molar-refractivity contribution in [2.45, 2.75) is 6.54 Å². The second-order valence-corrected chi connectivity index (χ2v) is 3.18. The highest BCUT2D eigenvalue weighted by Gasteiger charge is 2.15. The predicted molar refractivity (Wildman–Crippen MR) is 53.7 cm³/mol. The fraction of sp³-hybridized carbons (Fsp3) is 0.111. The first-order valence-electron chi connectivity index (χ1n) is 4.56. The van der Waals surface area contributed by atoms with Gasteiger partial charge in [0.25, 0.3) is 0 Å². The molecule has 0 unspecified atom stereocenters. The monoisotopic (exact) mass is 237 g/mol. The molecule has 0 aliphatic heterocycles. The SMILES string of the molecule is O=C(O)c1ccnn1Cc1ccc([N+](=O)[O-])o1. The van der Waals surface area contributed by atoms with Crippen LogP contribution < -0.4 is 0 Å². The average molecular weight is 237 g/mol. The second-order valence-electron chi connectivity index (χ2n) is 3.18. The van der Waals surface area contributed by atoms with Crippen molar-refractivity contribution in [3.05, 3.63) is 46.0 Å². The van der Waals surface area contributed by atoms with Gasteiger partial charge in [0, 0.05) is 6.20 Å². The van der Waals surface area contributed by atoms with E-state index >= 15 is 0 Å². The quantitative estimate of drug-likeness (QED) is 0.630. The Morgan fingerprint density at radius 3 is 2.88 bits per heavy atom. The lowest BCUT2D eigenvalue weighted by molar-refractivity contribution is -0.402. The molecule has 0 atom stereocenters. The number of nitro groups is 1. The summed E-state index contributed by atoms with van der Waals surface area (Å²) >= 11 is 0. The molecule has 0 aliphatic rings. The van der Waals surface area contributed by atoms with Crippen LogP contribution in [-0.4, -0.2) is 25.8 Å². The van der Waals surface area contributed by atoms with E-state index in [0.29, 0.717) is 0 Å². The van der Waals surface area contributed by atoms with Crippen molar-refractivity contribution in [1.82, 2.24) is 9.78 Å². The topological polar surface area (TPSA) is 111 Å². The van der Waals surface area contributed by atoms with Crippen molar-refractivity contribution < 1.29 is 19.2 Å². The minimum atomic E-state index is -1.12. The summed E-state index contributed by atoms with van der Waals surface area (Å²) in [6.45, 7) is 0.0302. The molecule has 2 aromatic heterocycles. The van der Waals surface area contributed by atoms with Crippen LogP contribution in [0.1, 0.15) is 16.2 Å². The van der Waals surface area contributed by atoms with Gasteiger partial charge in [-0.15, -0.1) is 0 Å². The Morgan fingerprint density at radius 2 is 2.29 bits per heavy atom. The smallest absolute Gasteiger partial charge is 0.433 e. The zero-order valence-electron chi connectivity index (χ0n) is 8.44. The van der Waals surface area contributed by atoms with Gasteiger partial charge in [-0.05, 0) is 12.1 Å². The van der Waals surface area contributed by atoms with Crippen LogP contribution in [0.3, 0.4) is 0 Å². The summed E-state index contributed by atoms with van der Waals surface area (Å²) in [4.78, 5) is 20.5. The maximum absolute atomic E-state index is 10.8. The van der Waals surface area contributed by atoms with Crippen LogP contribution in [0.25, 0.3) is 0 Å². The maximum atomic E-state index is 10.8. The minimum Gasteiger partial charge on any atom is -0.477 e. The molecule has 2 heterocycles. The molecule has 2 rings (SSSR count). The molecule has 0 amide bonds.